The van der Waals surface area contributed by atoms with Gasteiger partial charge in [0.25, 0.3) is 0 Å². The molecule has 0 radical (unpaired) electrons. The Balaban J connectivity index is 1.76. The van der Waals surface area contributed by atoms with Crippen molar-refractivity contribution in [3.8, 4) is 0 Å². The number of halogens is 2. The highest BCUT2D eigenvalue weighted by Crippen LogP contribution is 2.32. The Hall–Kier alpha value is -2.25. The van der Waals surface area contributed by atoms with E-state index in [0.717, 1.165) is 30.5 Å². The van der Waals surface area contributed by atoms with Gasteiger partial charge in [-0.2, -0.15) is 19.0 Å². The Morgan fingerprint density at radius 3 is 2.67 bits per heavy atom. The van der Waals surface area contributed by atoms with Gasteiger partial charge in [-0.1, -0.05) is 0 Å². The monoisotopic (exact) mass is 379 g/mol. The summed E-state index contributed by atoms with van der Waals surface area (Å²) >= 11 is 0. The highest BCUT2D eigenvalue weighted by molar-refractivity contribution is 5.79. The van der Waals surface area contributed by atoms with Gasteiger partial charge < -0.3 is 5.32 Å². The van der Waals surface area contributed by atoms with Crippen LogP contribution in [0, 0.1) is 13.8 Å². The average Bonchev–Trinajstić information content (AvgIpc) is 3.12. The molecular formula is C19H27F2N5O. The maximum atomic E-state index is 13.0. The molecule has 2 aromatic heterocycles. The highest BCUT2D eigenvalue weighted by Gasteiger charge is 2.29. The Morgan fingerprint density at radius 1 is 1.37 bits per heavy atom. The van der Waals surface area contributed by atoms with Crippen molar-refractivity contribution >= 4 is 5.91 Å². The van der Waals surface area contributed by atoms with E-state index in [1.165, 1.54) is 0 Å². The molecule has 0 fully saturated rings. The summed E-state index contributed by atoms with van der Waals surface area (Å²) < 4.78 is 28.7. The van der Waals surface area contributed by atoms with E-state index < -0.39 is 6.55 Å². The number of aryl methyl sites for hydroxylation is 1. The van der Waals surface area contributed by atoms with Crippen LogP contribution in [0.1, 0.15) is 74.4 Å². The minimum absolute atomic E-state index is 0.0453. The van der Waals surface area contributed by atoms with E-state index in [1.54, 1.807) is 13.8 Å². The third-order valence-corrected chi connectivity index (χ3v) is 5.15. The number of carbonyl (C=O) groups excluding carboxylic acids is 1. The zero-order valence-corrected chi connectivity index (χ0v) is 16.5. The molecule has 0 bridgehead atoms. The van der Waals surface area contributed by atoms with Crippen molar-refractivity contribution < 1.29 is 13.6 Å². The summed E-state index contributed by atoms with van der Waals surface area (Å²) in [4.78, 5) is 12.6. The Bertz CT molecular complexity index is 847. The van der Waals surface area contributed by atoms with Gasteiger partial charge >= 0.3 is 6.55 Å². The van der Waals surface area contributed by atoms with Gasteiger partial charge in [-0.25, -0.2) is 4.68 Å². The van der Waals surface area contributed by atoms with Crippen LogP contribution in [0.2, 0.25) is 0 Å². The first-order chi connectivity index (χ1) is 12.6. The molecule has 0 saturated heterocycles. The van der Waals surface area contributed by atoms with Crippen molar-refractivity contribution in [2.75, 3.05) is 0 Å². The second kappa shape index (κ2) is 7.05. The number of hydrogen-bond acceptors (Lipinski definition) is 3. The van der Waals surface area contributed by atoms with E-state index in [-0.39, 0.29) is 23.9 Å². The summed E-state index contributed by atoms with van der Waals surface area (Å²) in [5, 5.41) is 11.4. The smallest absolute Gasteiger partial charge is 0.333 e. The molecule has 1 unspecified atom stereocenters. The lowest BCUT2D eigenvalue weighted by atomic mass is 9.92. The number of amides is 1. The molecule has 27 heavy (non-hydrogen) atoms. The van der Waals surface area contributed by atoms with Crippen LogP contribution in [0.4, 0.5) is 8.78 Å². The number of fused-ring (bicyclic) bond motifs is 1. The zero-order valence-electron chi connectivity index (χ0n) is 16.5. The van der Waals surface area contributed by atoms with Crippen molar-refractivity contribution in [3.63, 3.8) is 0 Å². The Morgan fingerprint density at radius 2 is 2.07 bits per heavy atom. The molecule has 6 nitrogen and oxygen atoms in total. The molecule has 0 aromatic carbocycles. The molecule has 1 amide bonds. The first-order valence-electron chi connectivity index (χ1n) is 9.29. The van der Waals surface area contributed by atoms with Gasteiger partial charge in [0.15, 0.2) is 0 Å². The van der Waals surface area contributed by atoms with Crippen LogP contribution in [0.25, 0.3) is 0 Å². The van der Waals surface area contributed by atoms with Gasteiger partial charge in [-0.3, -0.25) is 9.48 Å². The number of alkyl halides is 2. The van der Waals surface area contributed by atoms with Gasteiger partial charge in [0.05, 0.1) is 29.9 Å². The summed E-state index contributed by atoms with van der Waals surface area (Å²) in [6.07, 6.45) is 4.65. The molecule has 0 spiro atoms. The lowest BCUT2D eigenvalue weighted by Gasteiger charge is -2.28. The number of aromatic nitrogens is 4. The SMILES string of the molecule is Cc1nn(C(F)F)c(C)c1CC(=O)NC1CCCc2c1cnn2C(C)(C)C. The summed E-state index contributed by atoms with van der Waals surface area (Å²) in [5.74, 6) is -0.184. The largest absolute Gasteiger partial charge is 0.349 e. The van der Waals surface area contributed by atoms with Gasteiger partial charge in [-0.05, 0) is 53.9 Å². The zero-order chi connectivity index (χ0) is 19.9. The third-order valence-electron chi connectivity index (χ3n) is 5.15. The molecule has 3 rings (SSSR count). The van der Waals surface area contributed by atoms with Crippen LogP contribution in [-0.4, -0.2) is 25.5 Å². The summed E-state index contributed by atoms with van der Waals surface area (Å²) in [7, 11) is 0. The fraction of sp³-hybridized carbons (Fsp3) is 0.632. The van der Waals surface area contributed by atoms with Gasteiger partial charge in [0.1, 0.15) is 0 Å². The minimum Gasteiger partial charge on any atom is -0.349 e. The van der Waals surface area contributed by atoms with E-state index >= 15 is 0 Å². The number of carbonyl (C=O) groups is 1. The Labute approximate surface area is 157 Å². The van der Waals surface area contributed by atoms with Gasteiger partial charge in [-0.15, -0.1) is 0 Å². The van der Waals surface area contributed by atoms with Crippen molar-refractivity contribution in [3.05, 3.63) is 34.4 Å². The van der Waals surface area contributed by atoms with Gasteiger partial charge in [0, 0.05) is 22.5 Å². The molecule has 0 saturated carbocycles. The second-order valence-electron chi connectivity index (χ2n) is 8.19. The van der Waals surface area contributed by atoms with Gasteiger partial charge in [0.2, 0.25) is 5.91 Å². The molecule has 148 valence electrons. The van der Waals surface area contributed by atoms with Crippen molar-refractivity contribution in [1.29, 1.82) is 0 Å². The topological polar surface area (TPSA) is 64.7 Å². The third kappa shape index (κ3) is 3.75. The maximum Gasteiger partial charge on any atom is 0.333 e. The lowest BCUT2D eigenvalue weighted by molar-refractivity contribution is -0.121. The highest BCUT2D eigenvalue weighted by atomic mass is 19.3. The molecule has 1 aliphatic carbocycles. The predicted molar refractivity (Wildman–Crippen MR) is 97.7 cm³/mol. The van der Waals surface area contributed by atoms with E-state index in [0.29, 0.717) is 21.6 Å². The fourth-order valence-corrected chi connectivity index (χ4v) is 3.83. The van der Waals surface area contributed by atoms with Crippen molar-refractivity contribution in [2.24, 2.45) is 0 Å². The average molecular weight is 379 g/mol. The van der Waals surface area contributed by atoms with Crippen LogP contribution < -0.4 is 5.32 Å². The summed E-state index contributed by atoms with van der Waals surface area (Å²) in [6, 6.07) is -0.0943. The van der Waals surface area contributed by atoms with E-state index in [1.807, 2.05) is 10.9 Å². The minimum atomic E-state index is -2.70. The molecule has 2 aromatic rings. The first-order valence-corrected chi connectivity index (χ1v) is 9.29. The number of hydrogen-bond donors (Lipinski definition) is 1. The molecule has 1 atom stereocenters. The fourth-order valence-electron chi connectivity index (χ4n) is 3.83. The number of nitrogens with zero attached hydrogens (tertiary/aromatic N) is 4. The quantitative estimate of drug-likeness (QED) is 0.883. The van der Waals surface area contributed by atoms with Crippen LogP contribution in [-0.2, 0) is 23.2 Å². The van der Waals surface area contributed by atoms with Crippen LogP contribution in [0.3, 0.4) is 0 Å². The van der Waals surface area contributed by atoms with E-state index in [4.69, 9.17) is 0 Å². The van der Waals surface area contributed by atoms with Crippen LogP contribution >= 0.6 is 0 Å². The normalized spacial score (nSPS) is 17.3. The summed E-state index contributed by atoms with van der Waals surface area (Å²) in [5.41, 5.74) is 3.47. The number of nitrogens with one attached hydrogen (secondary N) is 1. The molecule has 1 aliphatic rings. The molecule has 2 heterocycles. The standard InChI is InChI=1S/C19H27F2N5O/c1-11-13(12(2)25(24-11)18(20)21)9-17(27)23-15-7-6-8-16-14(15)10-22-26(16)19(3,4)5/h10,15,18H,6-9H2,1-5H3,(H,23,27). The molecular weight excluding hydrogens is 352 g/mol. The van der Waals surface area contributed by atoms with Crippen LogP contribution in [0.15, 0.2) is 6.20 Å². The van der Waals surface area contributed by atoms with Crippen molar-refractivity contribution in [1.82, 2.24) is 24.9 Å². The maximum absolute atomic E-state index is 13.0. The molecule has 8 heteroatoms. The van der Waals surface area contributed by atoms with E-state index in [9.17, 15) is 13.6 Å². The first kappa shape index (κ1) is 19.5. The molecule has 0 aliphatic heterocycles. The second-order valence-corrected chi connectivity index (χ2v) is 8.19. The predicted octanol–water partition coefficient (Wildman–Crippen LogP) is 3.58. The molecule has 1 N–H and O–H groups in total. The van der Waals surface area contributed by atoms with Crippen LogP contribution in [0.5, 0.6) is 0 Å². The van der Waals surface area contributed by atoms with Crippen molar-refractivity contribution in [2.45, 2.75) is 78.4 Å². The Kier molecular flexibility index (Phi) is 5.10. The lowest BCUT2D eigenvalue weighted by Crippen LogP contribution is -2.33. The number of rotatable bonds is 4. The van der Waals surface area contributed by atoms with E-state index in [2.05, 4.69) is 36.3 Å². The summed E-state index contributed by atoms with van der Waals surface area (Å²) in [6.45, 7) is 6.84.